The van der Waals surface area contributed by atoms with Gasteiger partial charge in [-0.1, -0.05) is 57.8 Å². The summed E-state index contributed by atoms with van der Waals surface area (Å²) in [5.74, 6) is -0.0809. The third kappa shape index (κ3) is 17.3. The van der Waals surface area contributed by atoms with Crippen molar-refractivity contribution in [2.45, 2.75) is 77.0 Å². The quantitative estimate of drug-likeness (QED) is 0.240. The zero-order valence-electron chi connectivity index (χ0n) is 14.0. The minimum Gasteiger partial charge on any atom is -0.469 e. The molecular formula is C17H34O4. The Labute approximate surface area is 130 Å². The van der Waals surface area contributed by atoms with Gasteiger partial charge in [0.2, 0.25) is 0 Å². The first-order valence-electron chi connectivity index (χ1n) is 8.44. The molecular weight excluding hydrogens is 268 g/mol. The Morgan fingerprint density at radius 2 is 1.19 bits per heavy atom. The van der Waals surface area contributed by atoms with E-state index in [2.05, 4.69) is 4.74 Å². The van der Waals surface area contributed by atoms with E-state index in [1.54, 1.807) is 7.11 Å². The van der Waals surface area contributed by atoms with Gasteiger partial charge in [-0.15, -0.1) is 0 Å². The molecule has 21 heavy (non-hydrogen) atoms. The van der Waals surface area contributed by atoms with Crippen molar-refractivity contribution < 1.29 is 19.0 Å². The molecule has 0 aliphatic heterocycles. The molecule has 126 valence electrons. The second kappa shape index (κ2) is 17.4. The predicted octanol–water partition coefficient (Wildman–Crippen LogP) is 4.46. The van der Waals surface area contributed by atoms with E-state index < -0.39 is 0 Å². The van der Waals surface area contributed by atoms with Crippen molar-refractivity contribution in [3.8, 4) is 0 Å². The summed E-state index contributed by atoms with van der Waals surface area (Å²) in [6.07, 6.45) is 14.3. The smallest absolute Gasteiger partial charge is 0.305 e. The fraction of sp³-hybridized carbons (Fsp3) is 0.941. The van der Waals surface area contributed by atoms with Gasteiger partial charge in [0.1, 0.15) is 6.79 Å². The molecule has 0 aromatic heterocycles. The second-order valence-electron chi connectivity index (χ2n) is 5.53. The molecule has 0 unspecified atom stereocenters. The minimum atomic E-state index is -0.0809. The summed E-state index contributed by atoms with van der Waals surface area (Å²) >= 11 is 0. The van der Waals surface area contributed by atoms with Crippen molar-refractivity contribution >= 4 is 5.97 Å². The molecule has 0 aromatic rings. The number of methoxy groups -OCH3 is 2. The summed E-state index contributed by atoms with van der Waals surface area (Å²) in [5.41, 5.74) is 0. The van der Waals surface area contributed by atoms with Gasteiger partial charge < -0.3 is 14.2 Å². The summed E-state index contributed by atoms with van der Waals surface area (Å²) in [6.45, 7) is 1.24. The molecule has 0 atom stereocenters. The van der Waals surface area contributed by atoms with Crippen LogP contribution in [0.1, 0.15) is 77.0 Å². The first-order valence-corrected chi connectivity index (χ1v) is 8.44. The highest BCUT2D eigenvalue weighted by Crippen LogP contribution is 2.12. The molecule has 0 bridgehead atoms. The van der Waals surface area contributed by atoms with Crippen LogP contribution in [0.3, 0.4) is 0 Å². The average molecular weight is 302 g/mol. The standard InChI is InChI=1S/C17H34O4/c1-19-16-21-15-13-11-9-7-5-3-4-6-8-10-12-14-17(18)20-2/h3-16H2,1-2H3. The first-order chi connectivity index (χ1) is 10.3. The summed E-state index contributed by atoms with van der Waals surface area (Å²) in [7, 11) is 3.11. The predicted molar refractivity (Wildman–Crippen MR) is 85.2 cm³/mol. The Kier molecular flexibility index (Phi) is 16.9. The molecule has 0 saturated carbocycles. The van der Waals surface area contributed by atoms with Crippen molar-refractivity contribution in [2.24, 2.45) is 0 Å². The van der Waals surface area contributed by atoms with Crippen LogP contribution in [0.2, 0.25) is 0 Å². The number of esters is 1. The van der Waals surface area contributed by atoms with Crippen molar-refractivity contribution in [1.29, 1.82) is 0 Å². The molecule has 4 nitrogen and oxygen atoms in total. The lowest BCUT2D eigenvalue weighted by Gasteiger charge is -2.04. The average Bonchev–Trinajstić information content (AvgIpc) is 2.50. The van der Waals surface area contributed by atoms with Crippen LogP contribution in [0.15, 0.2) is 0 Å². The molecule has 4 heteroatoms. The van der Waals surface area contributed by atoms with Crippen LogP contribution in [0.5, 0.6) is 0 Å². The summed E-state index contributed by atoms with van der Waals surface area (Å²) < 4.78 is 14.7. The van der Waals surface area contributed by atoms with Crippen molar-refractivity contribution in [1.82, 2.24) is 0 Å². The number of ether oxygens (including phenoxy) is 3. The van der Waals surface area contributed by atoms with Crippen molar-refractivity contribution in [3.05, 3.63) is 0 Å². The highest BCUT2D eigenvalue weighted by Gasteiger charge is 1.99. The summed E-state index contributed by atoms with van der Waals surface area (Å²) in [6, 6.07) is 0. The zero-order valence-corrected chi connectivity index (χ0v) is 14.0. The molecule has 0 aromatic carbocycles. The topological polar surface area (TPSA) is 44.8 Å². The van der Waals surface area contributed by atoms with Crippen LogP contribution in [-0.2, 0) is 19.0 Å². The highest BCUT2D eigenvalue weighted by atomic mass is 16.7. The molecule has 0 radical (unpaired) electrons. The third-order valence-electron chi connectivity index (χ3n) is 3.60. The maximum absolute atomic E-state index is 10.9. The monoisotopic (exact) mass is 302 g/mol. The fourth-order valence-electron chi connectivity index (χ4n) is 2.31. The second-order valence-corrected chi connectivity index (χ2v) is 5.53. The van der Waals surface area contributed by atoms with Gasteiger partial charge >= 0.3 is 5.97 Å². The van der Waals surface area contributed by atoms with Gasteiger partial charge in [0.15, 0.2) is 0 Å². The lowest BCUT2D eigenvalue weighted by atomic mass is 10.1. The Hall–Kier alpha value is -0.610. The lowest BCUT2D eigenvalue weighted by Crippen LogP contribution is -1.99. The van der Waals surface area contributed by atoms with Crippen LogP contribution >= 0.6 is 0 Å². The van der Waals surface area contributed by atoms with Gasteiger partial charge in [0.05, 0.1) is 7.11 Å². The van der Waals surface area contributed by atoms with Crippen LogP contribution in [-0.4, -0.2) is 33.6 Å². The Morgan fingerprint density at radius 3 is 1.67 bits per heavy atom. The van der Waals surface area contributed by atoms with E-state index in [0.717, 1.165) is 25.9 Å². The number of carbonyl (C=O) groups excluding carboxylic acids is 1. The van der Waals surface area contributed by atoms with Gasteiger partial charge in [-0.05, 0) is 12.8 Å². The van der Waals surface area contributed by atoms with Gasteiger partial charge in [-0.3, -0.25) is 4.79 Å². The third-order valence-corrected chi connectivity index (χ3v) is 3.60. The Bertz CT molecular complexity index is 219. The molecule has 0 saturated heterocycles. The molecule has 0 fully saturated rings. The largest absolute Gasteiger partial charge is 0.469 e. The van der Waals surface area contributed by atoms with E-state index in [-0.39, 0.29) is 5.97 Å². The van der Waals surface area contributed by atoms with Gasteiger partial charge in [0, 0.05) is 20.1 Å². The molecule has 0 aliphatic carbocycles. The Balaban J connectivity index is 2.98. The van der Waals surface area contributed by atoms with E-state index in [1.807, 2.05) is 0 Å². The van der Waals surface area contributed by atoms with Crippen LogP contribution in [0, 0.1) is 0 Å². The molecule has 0 heterocycles. The number of unbranched alkanes of at least 4 members (excludes halogenated alkanes) is 10. The zero-order chi connectivity index (χ0) is 15.6. The molecule has 0 rings (SSSR count). The van der Waals surface area contributed by atoms with Crippen molar-refractivity contribution in [3.63, 3.8) is 0 Å². The van der Waals surface area contributed by atoms with Crippen LogP contribution in [0.4, 0.5) is 0 Å². The number of carbonyl (C=O) groups is 1. The van der Waals surface area contributed by atoms with Crippen molar-refractivity contribution in [2.75, 3.05) is 27.6 Å². The van der Waals surface area contributed by atoms with E-state index in [0.29, 0.717) is 13.2 Å². The summed E-state index contributed by atoms with van der Waals surface area (Å²) in [4.78, 5) is 10.9. The molecule has 0 spiro atoms. The van der Waals surface area contributed by atoms with Gasteiger partial charge in [-0.25, -0.2) is 0 Å². The fourth-order valence-corrected chi connectivity index (χ4v) is 2.31. The molecule has 0 N–H and O–H groups in total. The van der Waals surface area contributed by atoms with Crippen LogP contribution < -0.4 is 0 Å². The summed E-state index contributed by atoms with van der Waals surface area (Å²) in [5, 5.41) is 0. The maximum Gasteiger partial charge on any atom is 0.305 e. The van der Waals surface area contributed by atoms with Crippen LogP contribution in [0.25, 0.3) is 0 Å². The lowest BCUT2D eigenvalue weighted by molar-refractivity contribution is -0.140. The minimum absolute atomic E-state index is 0.0809. The van der Waals surface area contributed by atoms with E-state index in [9.17, 15) is 4.79 Å². The molecule has 0 aliphatic rings. The highest BCUT2D eigenvalue weighted by molar-refractivity contribution is 5.68. The normalized spacial score (nSPS) is 10.8. The van der Waals surface area contributed by atoms with Gasteiger partial charge in [-0.2, -0.15) is 0 Å². The SMILES string of the molecule is COCOCCCCCCCCCCCCCC(=O)OC. The first kappa shape index (κ1) is 20.4. The molecule has 0 amide bonds. The van der Waals surface area contributed by atoms with E-state index >= 15 is 0 Å². The number of hydrogen-bond acceptors (Lipinski definition) is 4. The van der Waals surface area contributed by atoms with Gasteiger partial charge in [0.25, 0.3) is 0 Å². The van der Waals surface area contributed by atoms with E-state index in [4.69, 9.17) is 9.47 Å². The van der Waals surface area contributed by atoms with E-state index in [1.165, 1.54) is 58.5 Å². The maximum atomic E-state index is 10.9. The number of rotatable bonds is 16. The Morgan fingerprint density at radius 1 is 0.714 bits per heavy atom. The number of hydrogen-bond donors (Lipinski definition) is 0.